The van der Waals surface area contributed by atoms with Gasteiger partial charge in [0.1, 0.15) is 0 Å². The van der Waals surface area contributed by atoms with E-state index in [2.05, 4.69) is 71.2 Å². The van der Waals surface area contributed by atoms with Crippen LogP contribution >= 0.6 is 12.6 Å². The third kappa shape index (κ3) is 5.47. The number of thiol groups is 1. The fourth-order valence-electron chi connectivity index (χ4n) is 2.89. The number of hydrogen-bond donors (Lipinski definition) is 1. The van der Waals surface area contributed by atoms with Crippen molar-refractivity contribution in [1.82, 2.24) is 0 Å². The van der Waals surface area contributed by atoms with E-state index in [1.165, 1.54) is 22.3 Å². The molecule has 2 aromatic carbocycles. The standard InChI is InChI=1S/C24H29NS/c1-17(2)24(23-13-11-21(16-26)12-14-23)15-18(3)19(4)25-20(5)22-9-7-6-8-10-22/h6-14,18,26H,5,15-16H2,1-4H3/b25-19-. The van der Waals surface area contributed by atoms with E-state index < -0.39 is 0 Å². The molecule has 1 nitrogen and oxygen atoms in total. The minimum atomic E-state index is 0.352. The van der Waals surface area contributed by atoms with Gasteiger partial charge < -0.3 is 0 Å². The highest BCUT2D eigenvalue weighted by Crippen LogP contribution is 2.28. The second-order valence-electron chi connectivity index (χ2n) is 7.00. The monoisotopic (exact) mass is 363 g/mol. The first kappa shape index (κ1) is 20.3. The summed E-state index contributed by atoms with van der Waals surface area (Å²) in [5.41, 5.74) is 8.29. The molecule has 2 rings (SSSR count). The van der Waals surface area contributed by atoms with Gasteiger partial charge in [0.05, 0.1) is 5.70 Å². The number of rotatable bonds is 7. The van der Waals surface area contributed by atoms with E-state index in [-0.39, 0.29) is 0 Å². The Bertz CT molecular complexity index is 794. The fraction of sp³-hybridized carbons (Fsp3) is 0.292. The van der Waals surface area contributed by atoms with Gasteiger partial charge in [-0.05, 0) is 55.4 Å². The van der Waals surface area contributed by atoms with Crippen LogP contribution < -0.4 is 0 Å². The van der Waals surface area contributed by atoms with Gasteiger partial charge in [-0.15, -0.1) is 0 Å². The summed E-state index contributed by atoms with van der Waals surface area (Å²) in [5.74, 6) is 1.12. The molecule has 0 aliphatic rings. The van der Waals surface area contributed by atoms with Crippen LogP contribution in [-0.4, -0.2) is 5.71 Å². The molecule has 0 aliphatic carbocycles. The molecule has 2 heteroatoms. The predicted octanol–water partition coefficient (Wildman–Crippen LogP) is 7.07. The molecule has 0 N–H and O–H groups in total. The fourth-order valence-corrected chi connectivity index (χ4v) is 3.10. The van der Waals surface area contributed by atoms with Gasteiger partial charge in [-0.2, -0.15) is 12.6 Å². The van der Waals surface area contributed by atoms with Gasteiger partial charge in [-0.25, -0.2) is 0 Å². The molecule has 26 heavy (non-hydrogen) atoms. The van der Waals surface area contributed by atoms with E-state index >= 15 is 0 Å². The van der Waals surface area contributed by atoms with Gasteiger partial charge in [0.2, 0.25) is 0 Å². The molecule has 0 amide bonds. The Morgan fingerprint density at radius 2 is 1.58 bits per heavy atom. The lowest BCUT2D eigenvalue weighted by atomic mass is 9.89. The average Bonchev–Trinajstić information content (AvgIpc) is 2.66. The molecule has 0 bridgehead atoms. The summed E-state index contributed by atoms with van der Waals surface area (Å²) in [6.07, 6.45) is 0.972. The molecule has 0 aromatic heterocycles. The normalized spacial score (nSPS) is 12.6. The third-order valence-corrected chi connectivity index (χ3v) is 5.10. The Morgan fingerprint density at radius 1 is 0.962 bits per heavy atom. The van der Waals surface area contributed by atoms with Crippen LogP contribution in [0.5, 0.6) is 0 Å². The van der Waals surface area contributed by atoms with E-state index in [1.807, 2.05) is 30.3 Å². The van der Waals surface area contributed by atoms with Crippen LogP contribution in [0.4, 0.5) is 0 Å². The summed E-state index contributed by atoms with van der Waals surface area (Å²) < 4.78 is 0. The van der Waals surface area contributed by atoms with Crippen LogP contribution in [0.25, 0.3) is 11.3 Å². The summed E-state index contributed by atoms with van der Waals surface area (Å²) in [7, 11) is 0. The van der Waals surface area contributed by atoms with Crippen molar-refractivity contribution in [3.05, 3.63) is 83.4 Å². The van der Waals surface area contributed by atoms with Crippen molar-refractivity contribution in [2.24, 2.45) is 10.9 Å². The molecule has 0 fully saturated rings. The maximum Gasteiger partial charge on any atom is 0.0629 e. The predicted molar refractivity (Wildman–Crippen MR) is 120 cm³/mol. The number of aliphatic imine (C=N–C) groups is 1. The number of allylic oxidation sites excluding steroid dienone is 2. The zero-order valence-corrected chi connectivity index (χ0v) is 17.2. The Balaban J connectivity index is 2.16. The van der Waals surface area contributed by atoms with Crippen molar-refractivity contribution < 1.29 is 0 Å². The number of hydrogen-bond acceptors (Lipinski definition) is 2. The van der Waals surface area contributed by atoms with Crippen LogP contribution in [0.3, 0.4) is 0 Å². The van der Waals surface area contributed by atoms with Crippen LogP contribution in [0.15, 0.2) is 71.7 Å². The van der Waals surface area contributed by atoms with Crippen molar-refractivity contribution in [3.8, 4) is 0 Å². The second-order valence-corrected chi connectivity index (χ2v) is 7.32. The minimum absolute atomic E-state index is 0.352. The lowest BCUT2D eigenvalue weighted by Crippen LogP contribution is -2.09. The molecule has 1 unspecified atom stereocenters. The van der Waals surface area contributed by atoms with Gasteiger partial charge in [-0.3, -0.25) is 4.99 Å². The average molecular weight is 364 g/mol. The molecular formula is C24H29NS. The largest absolute Gasteiger partial charge is 0.258 e. The highest BCUT2D eigenvalue weighted by atomic mass is 32.1. The summed E-state index contributed by atoms with van der Waals surface area (Å²) in [6, 6.07) is 18.9. The molecule has 0 heterocycles. The maximum atomic E-state index is 4.77. The van der Waals surface area contributed by atoms with Gasteiger partial charge in [-0.1, -0.05) is 73.7 Å². The van der Waals surface area contributed by atoms with Crippen LogP contribution in [0, 0.1) is 5.92 Å². The molecular weight excluding hydrogens is 334 g/mol. The Morgan fingerprint density at radius 3 is 2.12 bits per heavy atom. The molecule has 2 aromatic rings. The lowest BCUT2D eigenvalue weighted by molar-refractivity contribution is 0.794. The minimum Gasteiger partial charge on any atom is -0.258 e. The van der Waals surface area contributed by atoms with Crippen molar-refractivity contribution in [2.75, 3.05) is 0 Å². The first-order chi connectivity index (χ1) is 12.4. The first-order valence-electron chi connectivity index (χ1n) is 9.08. The van der Waals surface area contributed by atoms with E-state index in [1.54, 1.807) is 0 Å². The molecule has 0 saturated heterocycles. The quantitative estimate of drug-likeness (QED) is 0.399. The smallest absolute Gasteiger partial charge is 0.0629 e. The Kier molecular flexibility index (Phi) is 7.47. The summed E-state index contributed by atoms with van der Waals surface area (Å²) in [6.45, 7) is 12.8. The summed E-state index contributed by atoms with van der Waals surface area (Å²) >= 11 is 4.34. The van der Waals surface area contributed by atoms with E-state index in [0.717, 1.165) is 29.1 Å². The van der Waals surface area contributed by atoms with E-state index in [0.29, 0.717) is 5.92 Å². The van der Waals surface area contributed by atoms with Gasteiger partial charge in [0.25, 0.3) is 0 Å². The topological polar surface area (TPSA) is 12.4 Å². The maximum absolute atomic E-state index is 4.77. The number of nitrogens with zero attached hydrogens (tertiary/aromatic N) is 1. The zero-order chi connectivity index (χ0) is 19.1. The highest BCUT2D eigenvalue weighted by Gasteiger charge is 2.13. The zero-order valence-electron chi connectivity index (χ0n) is 16.3. The molecule has 136 valence electrons. The van der Waals surface area contributed by atoms with Crippen LogP contribution in [0.1, 0.15) is 50.8 Å². The van der Waals surface area contributed by atoms with Gasteiger partial charge in [0.15, 0.2) is 0 Å². The van der Waals surface area contributed by atoms with Crippen molar-refractivity contribution >= 4 is 29.6 Å². The van der Waals surface area contributed by atoms with Gasteiger partial charge in [0, 0.05) is 11.5 Å². The Labute approximate surface area is 164 Å². The van der Waals surface area contributed by atoms with Crippen LogP contribution in [-0.2, 0) is 5.75 Å². The van der Waals surface area contributed by atoms with Crippen molar-refractivity contribution in [1.29, 1.82) is 0 Å². The third-order valence-electron chi connectivity index (χ3n) is 4.73. The van der Waals surface area contributed by atoms with Crippen molar-refractivity contribution in [3.63, 3.8) is 0 Å². The SMILES string of the molecule is C=C(/N=C(/C)C(C)CC(=C(C)C)c1ccc(CS)cc1)c1ccccc1. The molecule has 0 saturated carbocycles. The lowest BCUT2D eigenvalue weighted by Gasteiger charge is -2.17. The van der Waals surface area contributed by atoms with Crippen molar-refractivity contribution in [2.45, 2.75) is 39.9 Å². The van der Waals surface area contributed by atoms with Crippen LogP contribution in [0.2, 0.25) is 0 Å². The summed E-state index contributed by atoms with van der Waals surface area (Å²) in [4.78, 5) is 4.77. The van der Waals surface area contributed by atoms with Gasteiger partial charge >= 0.3 is 0 Å². The van der Waals surface area contributed by atoms with E-state index in [4.69, 9.17) is 4.99 Å². The van der Waals surface area contributed by atoms with E-state index in [9.17, 15) is 0 Å². The molecule has 0 aliphatic heterocycles. The highest BCUT2D eigenvalue weighted by molar-refractivity contribution is 7.79. The molecule has 1 atom stereocenters. The first-order valence-corrected chi connectivity index (χ1v) is 9.71. The second kappa shape index (κ2) is 9.59. The molecule has 0 radical (unpaired) electrons. The summed E-state index contributed by atoms with van der Waals surface area (Å²) in [5, 5.41) is 0. The Hall–Kier alpha value is -2.06. The number of benzene rings is 2. The molecule has 0 spiro atoms.